The second-order valence-corrected chi connectivity index (χ2v) is 8.28. The van der Waals surface area contributed by atoms with Crippen molar-refractivity contribution >= 4 is 23.7 Å². The summed E-state index contributed by atoms with van der Waals surface area (Å²) in [6.07, 6.45) is 4.68. The van der Waals surface area contributed by atoms with Gasteiger partial charge in [0.1, 0.15) is 17.8 Å². The van der Waals surface area contributed by atoms with Gasteiger partial charge in [-0.2, -0.15) is 0 Å². The lowest BCUT2D eigenvalue weighted by atomic mass is 10.1. The number of imidazole rings is 1. The van der Waals surface area contributed by atoms with Crippen LogP contribution in [0.3, 0.4) is 0 Å². The van der Waals surface area contributed by atoms with Gasteiger partial charge in [0.25, 0.3) is 0 Å². The summed E-state index contributed by atoms with van der Waals surface area (Å²) in [5, 5.41) is 26.2. The number of hydrogen-bond acceptors (Lipinski definition) is 8. The van der Waals surface area contributed by atoms with Crippen LogP contribution in [-0.2, 0) is 32.0 Å². The number of aromatic amines is 1. The van der Waals surface area contributed by atoms with Crippen LogP contribution in [0, 0.1) is 0 Å². The molecular formula is C23H33N7O6. The summed E-state index contributed by atoms with van der Waals surface area (Å²) in [6.45, 7) is -0.0662. The number of carbonyl (C=O) groups excluding carboxylic acids is 3. The Hall–Kier alpha value is -3.97. The predicted molar refractivity (Wildman–Crippen MR) is 129 cm³/mol. The Morgan fingerprint density at radius 1 is 1.00 bits per heavy atom. The van der Waals surface area contributed by atoms with Gasteiger partial charge in [-0.3, -0.25) is 14.4 Å². The number of H-pyrrole nitrogens is 1. The fraction of sp³-hybridized carbons (Fsp3) is 0.435. The molecule has 2 rings (SSSR count). The molecule has 10 N–H and O–H groups in total. The molecule has 1 aromatic heterocycles. The Morgan fingerprint density at radius 2 is 1.72 bits per heavy atom. The van der Waals surface area contributed by atoms with Crippen molar-refractivity contribution < 1.29 is 29.4 Å². The van der Waals surface area contributed by atoms with E-state index >= 15 is 0 Å². The molecular weight excluding hydrogens is 470 g/mol. The number of hydrogen-bond donors (Lipinski definition) is 8. The number of aliphatic carboxylic acids is 1. The monoisotopic (exact) mass is 503 g/mol. The number of carboxylic acid groups (broad SMARTS) is 1. The molecule has 0 radical (unpaired) electrons. The van der Waals surface area contributed by atoms with E-state index in [4.69, 9.17) is 11.5 Å². The molecule has 0 aliphatic rings. The number of amides is 3. The third-order valence-corrected chi connectivity index (χ3v) is 5.34. The van der Waals surface area contributed by atoms with Crippen LogP contribution in [0.4, 0.5) is 0 Å². The Kier molecular flexibility index (Phi) is 11.3. The van der Waals surface area contributed by atoms with Crippen molar-refractivity contribution in [3.8, 4) is 5.75 Å². The van der Waals surface area contributed by atoms with Crippen LogP contribution < -0.4 is 27.4 Å². The molecule has 0 saturated heterocycles. The molecule has 0 saturated carbocycles. The molecule has 0 aliphatic carbocycles. The Balaban J connectivity index is 1.91. The molecule has 36 heavy (non-hydrogen) atoms. The largest absolute Gasteiger partial charge is 0.508 e. The molecule has 0 spiro atoms. The van der Waals surface area contributed by atoms with E-state index in [2.05, 4.69) is 25.9 Å². The van der Waals surface area contributed by atoms with E-state index in [-0.39, 0.29) is 25.0 Å². The first-order valence-corrected chi connectivity index (χ1v) is 11.5. The van der Waals surface area contributed by atoms with Crippen molar-refractivity contribution in [2.24, 2.45) is 11.5 Å². The molecule has 13 heteroatoms. The predicted octanol–water partition coefficient (Wildman–Crippen LogP) is -1.47. The number of carboxylic acids is 1. The first-order valence-electron chi connectivity index (χ1n) is 11.5. The Labute approximate surface area is 208 Å². The summed E-state index contributed by atoms with van der Waals surface area (Å²) in [7, 11) is 0. The topological polar surface area (TPSA) is 226 Å². The maximum Gasteiger partial charge on any atom is 0.326 e. The third kappa shape index (κ3) is 9.72. The van der Waals surface area contributed by atoms with Gasteiger partial charge >= 0.3 is 5.97 Å². The van der Waals surface area contributed by atoms with E-state index in [9.17, 15) is 29.4 Å². The van der Waals surface area contributed by atoms with Crippen LogP contribution in [0.25, 0.3) is 0 Å². The van der Waals surface area contributed by atoms with E-state index in [1.807, 2.05) is 0 Å². The lowest BCUT2D eigenvalue weighted by Gasteiger charge is -2.21. The van der Waals surface area contributed by atoms with Crippen molar-refractivity contribution in [1.82, 2.24) is 25.9 Å². The minimum Gasteiger partial charge on any atom is -0.508 e. The number of phenolic OH excluding ortho intramolecular Hbond substituents is 1. The van der Waals surface area contributed by atoms with Gasteiger partial charge in [-0.1, -0.05) is 12.1 Å². The van der Waals surface area contributed by atoms with E-state index < -0.39 is 48.4 Å². The highest BCUT2D eigenvalue weighted by molar-refractivity contribution is 5.92. The summed E-state index contributed by atoms with van der Waals surface area (Å²) < 4.78 is 0. The summed E-state index contributed by atoms with van der Waals surface area (Å²) >= 11 is 0. The molecule has 0 bridgehead atoms. The molecule has 3 unspecified atom stereocenters. The molecule has 0 aliphatic heterocycles. The maximum absolute atomic E-state index is 12.7. The number of nitrogens with two attached hydrogens (primary N) is 2. The van der Waals surface area contributed by atoms with Crippen LogP contribution in [0.5, 0.6) is 5.75 Å². The molecule has 1 aromatic carbocycles. The van der Waals surface area contributed by atoms with Crippen molar-refractivity contribution in [3.05, 3.63) is 48.0 Å². The lowest BCUT2D eigenvalue weighted by Crippen LogP contribution is -2.54. The summed E-state index contributed by atoms with van der Waals surface area (Å²) in [5.74, 6) is -3.07. The van der Waals surface area contributed by atoms with Gasteiger partial charge < -0.3 is 42.6 Å². The van der Waals surface area contributed by atoms with Crippen LogP contribution in [0.2, 0.25) is 0 Å². The number of unbranched alkanes of at least 4 members (excludes halogenated alkanes) is 1. The maximum atomic E-state index is 12.7. The number of aromatic hydroxyl groups is 1. The molecule has 13 nitrogen and oxygen atoms in total. The number of nitrogens with one attached hydrogen (secondary N) is 4. The van der Waals surface area contributed by atoms with Gasteiger partial charge in [0.2, 0.25) is 17.7 Å². The summed E-state index contributed by atoms with van der Waals surface area (Å²) in [5.41, 5.74) is 12.7. The van der Waals surface area contributed by atoms with Gasteiger partial charge in [0.15, 0.2) is 0 Å². The molecule has 3 atom stereocenters. The molecule has 3 amide bonds. The smallest absolute Gasteiger partial charge is 0.326 e. The second-order valence-electron chi connectivity index (χ2n) is 8.28. The number of nitrogens with zero attached hydrogens (tertiary/aromatic N) is 1. The van der Waals surface area contributed by atoms with E-state index in [0.29, 0.717) is 30.6 Å². The highest BCUT2D eigenvalue weighted by atomic mass is 16.4. The Bertz CT molecular complexity index is 997. The fourth-order valence-corrected chi connectivity index (χ4v) is 3.37. The zero-order valence-corrected chi connectivity index (χ0v) is 19.8. The van der Waals surface area contributed by atoms with Gasteiger partial charge in [0, 0.05) is 24.7 Å². The molecule has 0 fully saturated rings. The van der Waals surface area contributed by atoms with Crippen LogP contribution in [-0.4, -0.2) is 75.1 Å². The standard InChI is InChI=1S/C23H33N7O6/c24-8-2-1-3-18(30-21(33)17(25)10-15-11-26-13-28-15)22(34)27-12-20(32)29-19(23(35)36)9-14-4-6-16(31)7-5-14/h4-7,11,13,17-19,31H,1-3,8-10,12,24-25H2,(H,26,28)(H,27,34)(H,29,32)(H,30,33)(H,35,36). The first kappa shape index (κ1) is 28.3. The number of benzene rings is 1. The fourth-order valence-electron chi connectivity index (χ4n) is 3.37. The quantitative estimate of drug-likeness (QED) is 0.132. The number of rotatable bonds is 15. The average molecular weight is 504 g/mol. The number of aromatic nitrogens is 2. The minimum atomic E-state index is -1.25. The van der Waals surface area contributed by atoms with E-state index in [0.717, 1.165) is 0 Å². The normalized spacial score (nSPS) is 13.3. The van der Waals surface area contributed by atoms with Crippen LogP contribution in [0.15, 0.2) is 36.8 Å². The van der Waals surface area contributed by atoms with Gasteiger partial charge in [-0.25, -0.2) is 9.78 Å². The van der Waals surface area contributed by atoms with Crippen molar-refractivity contribution in [2.75, 3.05) is 13.1 Å². The van der Waals surface area contributed by atoms with E-state index in [1.54, 1.807) is 18.3 Å². The molecule has 2 aromatic rings. The molecule has 196 valence electrons. The van der Waals surface area contributed by atoms with Gasteiger partial charge in [-0.15, -0.1) is 0 Å². The van der Waals surface area contributed by atoms with Crippen molar-refractivity contribution in [3.63, 3.8) is 0 Å². The van der Waals surface area contributed by atoms with Gasteiger partial charge in [0.05, 0.1) is 18.9 Å². The summed E-state index contributed by atoms with van der Waals surface area (Å²) in [4.78, 5) is 55.9. The number of carbonyl (C=O) groups is 4. The van der Waals surface area contributed by atoms with Gasteiger partial charge in [-0.05, 0) is 43.5 Å². The number of phenols is 1. The van der Waals surface area contributed by atoms with E-state index in [1.165, 1.54) is 18.5 Å². The SMILES string of the molecule is NCCCCC(NC(=O)C(N)Cc1cnc[nH]1)C(=O)NCC(=O)NC(Cc1ccc(O)cc1)C(=O)O. The third-order valence-electron chi connectivity index (χ3n) is 5.34. The zero-order chi connectivity index (χ0) is 26.5. The van der Waals surface area contributed by atoms with Crippen molar-refractivity contribution in [2.45, 2.75) is 50.2 Å². The highest BCUT2D eigenvalue weighted by Crippen LogP contribution is 2.11. The average Bonchev–Trinajstić information content (AvgIpc) is 3.35. The van der Waals surface area contributed by atoms with Crippen LogP contribution in [0.1, 0.15) is 30.5 Å². The van der Waals surface area contributed by atoms with Crippen LogP contribution >= 0.6 is 0 Å². The highest BCUT2D eigenvalue weighted by Gasteiger charge is 2.25. The second kappa shape index (κ2) is 14.4. The zero-order valence-electron chi connectivity index (χ0n) is 19.8. The van der Waals surface area contributed by atoms with Crippen molar-refractivity contribution in [1.29, 1.82) is 0 Å². The first-order chi connectivity index (χ1) is 17.2. The Morgan fingerprint density at radius 3 is 2.33 bits per heavy atom. The summed E-state index contributed by atoms with van der Waals surface area (Å²) in [6, 6.07) is 2.81. The minimum absolute atomic E-state index is 0.0126. The molecule has 1 heterocycles. The lowest BCUT2D eigenvalue weighted by molar-refractivity contribution is -0.141.